The molecule has 1 aromatic carbocycles. The van der Waals surface area contributed by atoms with E-state index in [0.29, 0.717) is 19.2 Å². The van der Waals surface area contributed by atoms with Crippen LogP contribution in [-0.4, -0.2) is 55.7 Å². The maximum Gasteiger partial charge on any atom is 0.179 e. The molecule has 1 N–H and O–H groups in total. The highest BCUT2D eigenvalue weighted by atomic mass is 19.1. The lowest BCUT2D eigenvalue weighted by atomic mass is 10.1. The van der Waals surface area contributed by atoms with Crippen molar-refractivity contribution >= 4 is 5.78 Å². The van der Waals surface area contributed by atoms with E-state index in [-0.39, 0.29) is 25.3 Å². The number of methoxy groups -OCH3 is 1. The predicted octanol–water partition coefficient (Wildman–Crippen LogP) is 1.09. The smallest absolute Gasteiger partial charge is 0.179 e. The van der Waals surface area contributed by atoms with Crippen LogP contribution in [0.5, 0.6) is 0 Å². The van der Waals surface area contributed by atoms with Gasteiger partial charge in [-0.05, 0) is 12.1 Å². The van der Waals surface area contributed by atoms with Gasteiger partial charge >= 0.3 is 0 Å². The molecule has 0 fully saturated rings. The number of hydrogen-bond donors (Lipinski definition) is 1. The summed E-state index contributed by atoms with van der Waals surface area (Å²) in [5, 5.41) is 8.89. The van der Waals surface area contributed by atoms with Crippen LogP contribution < -0.4 is 0 Å². The minimum absolute atomic E-state index is 0.0491. The molecule has 1 rings (SSSR count). The maximum absolute atomic E-state index is 13.4. The Balaban J connectivity index is 2.69. The Morgan fingerprint density at radius 2 is 2.11 bits per heavy atom. The predicted molar refractivity (Wildman–Crippen MR) is 66.1 cm³/mol. The van der Waals surface area contributed by atoms with Gasteiger partial charge in [-0.3, -0.25) is 9.69 Å². The zero-order valence-electron chi connectivity index (χ0n) is 10.7. The first-order valence-corrected chi connectivity index (χ1v) is 5.89. The van der Waals surface area contributed by atoms with Crippen molar-refractivity contribution in [3.05, 3.63) is 35.4 Å². The molecule has 19 heavy (non-hydrogen) atoms. The molecule has 0 saturated heterocycles. The fourth-order valence-corrected chi connectivity index (χ4v) is 1.64. The van der Waals surface area contributed by atoms with Crippen LogP contribution in [0.25, 0.3) is 0 Å². The van der Waals surface area contributed by atoms with Gasteiger partial charge in [0.05, 0.1) is 25.3 Å². The summed E-state index contributed by atoms with van der Waals surface area (Å²) in [6.45, 7) is 0.984. The van der Waals surface area contributed by atoms with Gasteiger partial charge in [-0.2, -0.15) is 0 Å². The molecule has 0 aliphatic rings. The lowest BCUT2D eigenvalue weighted by Gasteiger charge is -2.20. The summed E-state index contributed by atoms with van der Waals surface area (Å²) in [7, 11) is 1.53. The van der Waals surface area contributed by atoms with E-state index in [1.54, 1.807) is 4.90 Å². The van der Waals surface area contributed by atoms with Crippen LogP contribution in [0.1, 0.15) is 10.4 Å². The molecule has 0 aromatic heterocycles. The van der Waals surface area contributed by atoms with Crippen molar-refractivity contribution in [2.45, 2.75) is 0 Å². The summed E-state index contributed by atoms with van der Waals surface area (Å²) < 4.78 is 31.1. The second kappa shape index (κ2) is 7.93. The molecule has 0 saturated carbocycles. The highest BCUT2D eigenvalue weighted by Crippen LogP contribution is 2.11. The number of hydrogen-bond acceptors (Lipinski definition) is 4. The number of aliphatic hydroxyl groups excluding tert-OH is 1. The molecule has 0 aliphatic heterocycles. The molecular formula is C13H17F2NO3. The standard InChI is InChI=1S/C13H17F2NO3/c1-19-7-5-16(4-6-17)9-13(18)11-3-2-10(14)8-12(11)15/h2-3,8,17H,4-7,9H2,1H3. The molecule has 0 atom stereocenters. The van der Waals surface area contributed by atoms with E-state index >= 15 is 0 Å². The van der Waals surface area contributed by atoms with Crippen LogP contribution in [0.15, 0.2) is 18.2 Å². The third-order valence-corrected chi connectivity index (χ3v) is 2.63. The van der Waals surface area contributed by atoms with E-state index in [0.717, 1.165) is 12.1 Å². The molecule has 0 bridgehead atoms. The highest BCUT2D eigenvalue weighted by molar-refractivity contribution is 5.97. The number of carbonyl (C=O) groups is 1. The molecule has 1 aromatic rings. The Morgan fingerprint density at radius 3 is 2.68 bits per heavy atom. The van der Waals surface area contributed by atoms with Crippen LogP contribution in [0.4, 0.5) is 8.78 Å². The van der Waals surface area contributed by atoms with E-state index in [9.17, 15) is 13.6 Å². The van der Waals surface area contributed by atoms with Crippen molar-refractivity contribution in [2.24, 2.45) is 0 Å². The Morgan fingerprint density at radius 1 is 1.37 bits per heavy atom. The third kappa shape index (κ3) is 5.02. The SMILES string of the molecule is COCCN(CCO)CC(=O)c1ccc(F)cc1F. The Hall–Kier alpha value is -1.37. The zero-order chi connectivity index (χ0) is 14.3. The number of carbonyl (C=O) groups excluding carboxylic acids is 1. The number of Topliss-reactive ketones (excluding diaryl/α,β-unsaturated/α-hetero) is 1. The van der Waals surface area contributed by atoms with Crippen molar-refractivity contribution in [1.82, 2.24) is 4.90 Å². The van der Waals surface area contributed by atoms with E-state index in [4.69, 9.17) is 9.84 Å². The largest absolute Gasteiger partial charge is 0.395 e. The number of aliphatic hydroxyl groups is 1. The third-order valence-electron chi connectivity index (χ3n) is 2.63. The van der Waals surface area contributed by atoms with Gasteiger partial charge in [-0.1, -0.05) is 0 Å². The molecule has 6 heteroatoms. The quantitative estimate of drug-likeness (QED) is 0.720. The highest BCUT2D eigenvalue weighted by Gasteiger charge is 2.16. The summed E-state index contributed by atoms with van der Waals surface area (Å²) in [6, 6.07) is 2.85. The van der Waals surface area contributed by atoms with Gasteiger partial charge in [-0.15, -0.1) is 0 Å². The number of benzene rings is 1. The van der Waals surface area contributed by atoms with Gasteiger partial charge in [0.25, 0.3) is 0 Å². The van der Waals surface area contributed by atoms with Gasteiger partial charge in [0.1, 0.15) is 11.6 Å². The van der Waals surface area contributed by atoms with Crippen molar-refractivity contribution in [1.29, 1.82) is 0 Å². The molecule has 106 valence electrons. The van der Waals surface area contributed by atoms with Crippen LogP contribution in [0.2, 0.25) is 0 Å². The Bertz CT molecular complexity index is 426. The van der Waals surface area contributed by atoms with Gasteiger partial charge in [0.2, 0.25) is 0 Å². The molecule has 0 radical (unpaired) electrons. The van der Waals surface area contributed by atoms with Crippen LogP contribution in [-0.2, 0) is 4.74 Å². The van der Waals surface area contributed by atoms with Gasteiger partial charge in [0, 0.05) is 26.3 Å². The van der Waals surface area contributed by atoms with Gasteiger partial charge in [0.15, 0.2) is 5.78 Å². The van der Waals surface area contributed by atoms with Crippen molar-refractivity contribution < 1.29 is 23.4 Å². The lowest BCUT2D eigenvalue weighted by Crippen LogP contribution is -2.35. The summed E-state index contributed by atoms with van der Waals surface area (Å²) in [6.07, 6.45) is 0. The second-order valence-electron chi connectivity index (χ2n) is 4.04. The molecule has 4 nitrogen and oxygen atoms in total. The summed E-state index contributed by atoms with van der Waals surface area (Å²) >= 11 is 0. The molecule has 0 unspecified atom stereocenters. The van der Waals surface area contributed by atoms with E-state index < -0.39 is 17.4 Å². The Kier molecular flexibility index (Phi) is 6.55. The van der Waals surface area contributed by atoms with E-state index in [1.807, 2.05) is 0 Å². The topological polar surface area (TPSA) is 49.8 Å². The molecule has 0 spiro atoms. The van der Waals surface area contributed by atoms with Crippen LogP contribution >= 0.6 is 0 Å². The first-order valence-electron chi connectivity index (χ1n) is 5.89. The zero-order valence-corrected chi connectivity index (χ0v) is 10.7. The maximum atomic E-state index is 13.4. The normalized spacial score (nSPS) is 11.0. The minimum atomic E-state index is -0.874. The van der Waals surface area contributed by atoms with Crippen LogP contribution in [0.3, 0.4) is 0 Å². The molecule has 0 heterocycles. The van der Waals surface area contributed by atoms with E-state index in [1.165, 1.54) is 7.11 Å². The first kappa shape index (κ1) is 15.7. The summed E-state index contributed by atoms with van der Waals surface area (Å²) in [5.41, 5.74) is -0.151. The number of rotatable bonds is 8. The number of ketones is 1. The average molecular weight is 273 g/mol. The molecule has 0 aliphatic carbocycles. The fraction of sp³-hybridized carbons (Fsp3) is 0.462. The molecular weight excluding hydrogens is 256 g/mol. The Labute approximate surface area is 110 Å². The van der Waals surface area contributed by atoms with Gasteiger partial charge < -0.3 is 9.84 Å². The second-order valence-corrected chi connectivity index (χ2v) is 4.04. The molecule has 0 amide bonds. The number of halogens is 2. The number of ether oxygens (including phenoxy) is 1. The summed E-state index contributed by atoms with van der Waals surface area (Å²) in [4.78, 5) is 13.5. The minimum Gasteiger partial charge on any atom is -0.395 e. The van der Waals surface area contributed by atoms with Crippen molar-refractivity contribution in [3.8, 4) is 0 Å². The fourth-order valence-electron chi connectivity index (χ4n) is 1.64. The average Bonchev–Trinajstić information content (AvgIpc) is 2.36. The first-order chi connectivity index (χ1) is 9.08. The van der Waals surface area contributed by atoms with Crippen molar-refractivity contribution in [3.63, 3.8) is 0 Å². The van der Waals surface area contributed by atoms with Crippen LogP contribution in [0, 0.1) is 11.6 Å². The van der Waals surface area contributed by atoms with Gasteiger partial charge in [-0.25, -0.2) is 8.78 Å². The van der Waals surface area contributed by atoms with E-state index in [2.05, 4.69) is 0 Å². The van der Waals surface area contributed by atoms with Crippen molar-refractivity contribution in [2.75, 3.05) is 40.0 Å². The number of nitrogens with zero attached hydrogens (tertiary/aromatic N) is 1. The lowest BCUT2D eigenvalue weighted by molar-refractivity contribution is 0.0865. The summed E-state index contributed by atoms with van der Waals surface area (Å²) in [5.74, 6) is -2.05. The monoisotopic (exact) mass is 273 g/mol.